The number of rotatable bonds is 3. The maximum atomic E-state index is 6.05. The molecular formula is C23H22N4O2. The van der Waals surface area contributed by atoms with Crippen LogP contribution >= 0.6 is 0 Å². The van der Waals surface area contributed by atoms with Crippen LogP contribution in [0, 0.1) is 20.8 Å². The number of fused-ring (bicyclic) bond motifs is 1. The molecule has 2 aromatic heterocycles. The molecule has 0 N–H and O–H groups in total. The molecule has 0 radical (unpaired) electrons. The van der Waals surface area contributed by atoms with Gasteiger partial charge in [0.05, 0.1) is 18.8 Å². The van der Waals surface area contributed by atoms with E-state index in [1.165, 1.54) is 16.7 Å². The average molecular weight is 386 g/mol. The van der Waals surface area contributed by atoms with Gasteiger partial charge in [-0.2, -0.15) is 10.1 Å². The Kier molecular flexibility index (Phi) is 4.28. The zero-order valence-electron chi connectivity index (χ0n) is 16.7. The van der Waals surface area contributed by atoms with Crippen molar-refractivity contribution >= 4 is 0 Å². The summed E-state index contributed by atoms with van der Waals surface area (Å²) in [5.41, 5.74) is 7.46. The molecule has 3 heterocycles. The second-order valence-corrected chi connectivity index (χ2v) is 7.64. The van der Waals surface area contributed by atoms with Crippen molar-refractivity contribution in [1.29, 1.82) is 0 Å². The van der Waals surface area contributed by atoms with Crippen molar-refractivity contribution < 1.29 is 9.26 Å². The standard InChI is InChI=1S/C23H22N4O2/c1-14-4-7-17(8-5-14)21-12-27-19(13-28-21)11-20(25-27)23-24-22(26-29-23)18-9-6-15(2)16(3)10-18/h4-11,21H,12-13H2,1-3H3. The van der Waals surface area contributed by atoms with Gasteiger partial charge in [-0.05, 0) is 49.6 Å². The summed E-state index contributed by atoms with van der Waals surface area (Å²) in [6, 6.07) is 16.6. The number of hydrogen-bond acceptors (Lipinski definition) is 5. The molecule has 0 aliphatic carbocycles. The number of aromatic nitrogens is 4. The summed E-state index contributed by atoms with van der Waals surface area (Å²) in [5, 5.41) is 8.84. The maximum Gasteiger partial charge on any atom is 0.278 e. The normalized spacial score (nSPS) is 16.0. The molecule has 29 heavy (non-hydrogen) atoms. The molecule has 1 atom stereocenters. The molecule has 6 nitrogen and oxygen atoms in total. The maximum absolute atomic E-state index is 6.05. The minimum atomic E-state index is -0.00960. The molecule has 0 bridgehead atoms. The summed E-state index contributed by atoms with van der Waals surface area (Å²) < 4.78 is 13.5. The van der Waals surface area contributed by atoms with E-state index in [2.05, 4.69) is 67.3 Å². The Bertz CT molecular complexity index is 1170. The van der Waals surface area contributed by atoms with Crippen LogP contribution in [0.5, 0.6) is 0 Å². The number of hydrogen-bond donors (Lipinski definition) is 0. The molecule has 0 saturated carbocycles. The van der Waals surface area contributed by atoms with E-state index in [0.29, 0.717) is 30.6 Å². The summed E-state index contributed by atoms with van der Waals surface area (Å²) >= 11 is 0. The third kappa shape index (κ3) is 3.36. The predicted octanol–water partition coefficient (Wildman–Crippen LogP) is 4.80. The Hall–Kier alpha value is -3.25. The fraction of sp³-hybridized carbons (Fsp3) is 0.261. The zero-order valence-corrected chi connectivity index (χ0v) is 16.7. The van der Waals surface area contributed by atoms with Gasteiger partial charge in [0, 0.05) is 5.56 Å². The van der Waals surface area contributed by atoms with Crippen molar-refractivity contribution in [2.24, 2.45) is 0 Å². The van der Waals surface area contributed by atoms with E-state index in [-0.39, 0.29) is 6.10 Å². The topological polar surface area (TPSA) is 66.0 Å². The second kappa shape index (κ2) is 6.97. The Morgan fingerprint density at radius 2 is 1.79 bits per heavy atom. The van der Waals surface area contributed by atoms with Gasteiger partial charge in [0.2, 0.25) is 5.82 Å². The average Bonchev–Trinajstić information content (AvgIpc) is 3.37. The molecule has 0 saturated heterocycles. The summed E-state index contributed by atoms with van der Waals surface area (Å²) in [5.74, 6) is 0.995. The first-order valence-electron chi connectivity index (χ1n) is 9.73. The number of aryl methyl sites for hydroxylation is 3. The Labute approximate surface area is 169 Å². The summed E-state index contributed by atoms with van der Waals surface area (Å²) in [6.45, 7) is 7.41. The van der Waals surface area contributed by atoms with Gasteiger partial charge in [0.1, 0.15) is 6.10 Å². The van der Waals surface area contributed by atoms with Crippen LogP contribution in [0.25, 0.3) is 23.0 Å². The van der Waals surface area contributed by atoms with Crippen molar-refractivity contribution in [3.8, 4) is 23.0 Å². The van der Waals surface area contributed by atoms with E-state index in [1.54, 1.807) is 0 Å². The minimum absolute atomic E-state index is 0.00960. The van der Waals surface area contributed by atoms with Gasteiger partial charge in [-0.3, -0.25) is 4.68 Å². The first-order chi connectivity index (χ1) is 14.1. The van der Waals surface area contributed by atoms with Gasteiger partial charge in [-0.15, -0.1) is 0 Å². The molecule has 4 aromatic rings. The lowest BCUT2D eigenvalue weighted by molar-refractivity contribution is -0.00113. The van der Waals surface area contributed by atoms with Crippen LogP contribution < -0.4 is 0 Å². The van der Waals surface area contributed by atoms with Gasteiger partial charge in [-0.25, -0.2) is 0 Å². The first kappa shape index (κ1) is 17.8. The van der Waals surface area contributed by atoms with Gasteiger partial charge < -0.3 is 9.26 Å². The van der Waals surface area contributed by atoms with Crippen molar-refractivity contribution in [1.82, 2.24) is 19.9 Å². The van der Waals surface area contributed by atoms with E-state index in [1.807, 2.05) is 16.8 Å². The molecule has 1 unspecified atom stereocenters. The van der Waals surface area contributed by atoms with Crippen LogP contribution in [0.1, 0.15) is 34.1 Å². The van der Waals surface area contributed by atoms with Crippen molar-refractivity contribution in [3.05, 3.63) is 76.5 Å². The predicted molar refractivity (Wildman–Crippen MR) is 109 cm³/mol. The smallest absolute Gasteiger partial charge is 0.278 e. The van der Waals surface area contributed by atoms with E-state index >= 15 is 0 Å². The lowest BCUT2D eigenvalue weighted by Gasteiger charge is -2.24. The summed E-state index contributed by atoms with van der Waals surface area (Å²) in [4.78, 5) is 4.56. The Balaban J connectivity index is 1.40. The fourth-order valence-electron chi connectivity index (χ4n) is 3.54. The third-order valence-corrected chi connectivity index (χ3v) is 5.49. The lowest BCUT2D eigenvalue weighted by atomic mass is 10.1. The van der Waals surface area contributed by atoms with Crippen LogP contribution in [0.3, 0.4) is 0 Å². The van der Waals surface area contributed by atoms with Crippen LogP contribution in [0.2, 0.25) is 0 Å². The monoisotopic (exact) mass is 386 g/mol. The minimum Gasteiger partial charge on any atom is -0.365 e. The second-order valence-electron chi connectivity index (χ2n) is 7.64. The highest BCUT2D eigenvalue weighted by Crippen LogP contribution is 2.29. The molecule has 0 amide bonds. The van der Waals surface area contributed by atoms with Crippen LogP contribution in [0.4, 0.5) is 0 Å². The summed E-state index contributed by atoms with van der Waals surface area (Å²) in [6.07, 6.45) is -0.00960. The van der Waals surface area contributed by atoms with Gasteiger partial charge >= 0.3 is 0 Å². The largest absolute Gasteiger partial charge is 0.365 e. The van der Waals surface area contributed by atoms with Crippen molar-refractivity contribution in [2.45, 2.75) is 40.0 Å². The Morgan fingerprint density at radius 1 is 0.966 bits per heavy atom. The summed E-state index contributed by atoms with van der Waals surface area (Å²) in [7, 11) is 0. The fourth-order valence-corrected chi connectivity index (χ4v) is 3.54. The molecular weight excluding hydrogens is 364 g/mol. The van der Waals surface area contributed by atoms with Crippen LogP contribution in [0.15, 0.2) is 53.1 Å². The highest BCUT2D eigenvalue weighted by molar-refractivity contribution is 5.59. The quantitative estimate of drug-likeness (QED) is 0.506. The number of ether oxygens (including phenoxy) is 1. The zero-order chi connectivity index (χ0) is 20.0. The molecule has 1 aliphatic rings. The molecule has 6 heteroatoms. The van der Waals surface area contributed by atoms with Crippen LogP contribution in [-0.4, -0.2) is 19.9 Å². The molecule has 146 valence electrons. The van der Waals surface area contributed by atoms with Gasteiger partial charge in [0.15, 0.2) is 5.69 Å². The number of nitrogens with zero attached hydrogens (tertiary/aromatic N) is 4. The van der Waals surface area contributed by atoms with E-state index in [4.69, 9.17) is 14.4 Å². The highest BCUT2D eigenvalue weighted by atomic mass is 16.5. The van der Waals surface area contributed by atoms with E-state index in [9.17, 15) is 0 Å². The van der Waals surface area contributed by atoms with Gasteiger partial charge in [0.25, 0.3) is 5.89 Å². The molecule has 0 spiro atoms. The molecule has 0 fully saturated rings. The van der Waals surface area contributed by atoms with E-state index < -0.39 is 0 Å². The lowest BCUT2D eigenvalue weighted by Crippen LogP contribution is -2.21. The highest BCUT2D eigenvalue weighted by Gasteiger charge is 2.24. The van der Waals surface area contributed by atoms with Crippen LogP contribution in [-0.2, 0) is 17.9 Å². The third-order valence-electron chi connectivity index (χ3n) is 5.49. The number of benzene rings is 2. The van der Waals surface area contributed by atoms with Gasteiger partial charge in [-0.1, -0.05) is 47.1 Å². The Morgan fingerprint density at radius 3 is 2.59 bits per heavy atom. The first-order valence-corrected chi connectivity index (χ1v) is 9.73. The SMILES string of the molecule is Cc1ccc(C2Cn3nc(-c4nc(-c5ccc(C)c(C)c5)no4)cc3CO2)cc1. The molecule has 5 rings (SSSR count). The molecule has 1 aliphatic heterocycles. The van der Waals surface area contributed by atoms with Crippen molar-refractivity contribution in [2.75, 3.05) is 0 Å². The molecule has 2 aromatic carbocycles. The van der Waals surface area contributed by atoms with Crippen molar-refractivity contribution in [3.63, 3.8) is 0 Å². The van der Waals surface area contributed by atoms with E-state index in [0.717, 1.165) is 16.8 Å².